The Kier molecular flexibility index (Phi) is 4.23. The average molecular weight is 476 g/mol. The maximum absolute atomic E-state index is 13.0. The number of esters is 2. The number of hydrogen-bond donors (Lipinski definition) is 2. The number of aromatic nitrogens is 2. The second kappa shape index (κ2) is 6.90. The molecule has 172 valence electrons. The van der Waals surface area contributed by atoms with E-state index in [1.807, 2.05) is 32.2 Å². The van der Waals surface area contributed by atoms with Gasteiger partial charge in [-0.05, 0) is 36.8 Å². The molecule has 0 saturated carbocycles. The largest absolute Gasteiger partial charge is 0.464 e. The first-order chi connectivity index (χ1) is 16.3. The third-order valence-electron chi connectivity index (χ3n) is 7.14. The summed E-state index contributed by atoms with van der Waals surface area (Å²) in [6.07, 6.45) is 0. The maximum atomic E-state index is 13.0. The zero-order chi connectivity index (χ0) is 23.9. The molecule has 1 atom stereocenters. The Hall–Kier alpha value is -3.71. The quantitative estimate of drug-likeness (QED) is 0.407. The van der Waals surface area contributed by atoms with Gasteiger partial charge in [0, 0.05) is 57.6 Å². The van der Waals surface area contributed by atoms with Crippen LogP contribution in [0.25, 0.3) is 22.0 Å². The molecule has 1 spiro atoms. The number of benzene rings is 2. The number of likely N-dealkylation sites (N-methyl/N-ethyl adjacent to an activating group) is 1. The number of carbonyl (C=O) groups excluding carboxylic acids is 2. The van der Waals surface area contributed by atoms with Crippen molar-refractivity contribution >= 4 is 40.1 Å². The Morgan fingerprint density at radius 3 is 2.47 bits per heavy atom. The summed E-state index contributed by atoms with van der Waals surface area (Å²) in [5, 5.41) is 1.46. The predicted molar refractivity (Wildman–Crippen MR) is 130 cm³/mol. The molecule has 7 nitrogen and oxygen atoms in total. The number of aromatic amines is 2. The predicted octanol–water partition coefficient (Wildman–Crippen LogP) is 4.80. The minimum Gasteiger partial charge on any atom is -0.464 e. The van der Waals surface area contributed by atoms with Crippen LogP contribution in [-0.2, 0) is 14.9 Å². The fraction of sp³-hybridized carbons (Fsp3) is 0.231. The molecule has 6 rings (SSSR count). The Balaban J connectivity index is 1.83. The number of hydrogen-bond acceptors (Lipinski definition) is 5. The van der Waals surface area contributed by atoms with E-state index < -0.39 is 17.4 Å². The first-order valence-electron chi connectivity index (χ1n) is 10.9. The second-order valence-corrected chi connectivity index (χ2v) is 9.39. The molecule has 1 aliphatic carbocycles. The van der Waals surface area contributed by atoms with Crippen molar-refractivity contribution in [2.45, 2.75) is 12.3 Å². The van der Waals surface area contributed by atoms with Gasteiger partial charge in [0.2, 0.25) is 0 Å². The third kappa shape index (κ3) is 2.42. The summed E-state index contributed by atoms with van der Waals surface area (Å²) in [6, 6.07) is 12.0. The number of nitrogens with zero attached hydrogens (tertiary/aromatic N) is 1. The number of rotatable bonds is 2. The van der Waals surface area contributed by atoms with Crippen LogP contribution in [0.4, 0.5) is 5.69 Å². The smallest absolute Gasteiger partial charge is 0.355 e. The third-order valence-corrected chi connectivity index (χ3v) is 7.38. The van der Waals surface area contributed by atoms with Crippen LogP contribution >= 0.6 is 11.6 Å². The van der Waals surface area contributed by atoms with Crippen LogP contribution in [0.1, 0.15) is 43.4 Å². The van der Waals surface area contributed by atoms with Crippen LogP contribution in [-0.4, -0.2) is 49.7 Å². The summed E-state index contributed by atoms with van der Waals surface area (Å²) in [4.78, 5) is 34.8. The van der Waals surface area contributed by atoms with Crippen molar-refractivity contribution in [1.29, 1.82) is 0 Å². The summed E-state index contributed by atoms with van der Waals surface area (Å²) in [5.41, 5.74) is 7.03. The molecule has 34 heavy (non-hydrogen) atoms. The van der Waals surface area contributed by atoms with Crippen LogP contribution in [0.3, 0.4) is 0 Å². The van der Waals surface area contributed by atoms with Crippen LogP contribution in [0.15, 0.2) is 36.4 Å². The van der Waals surface area contributed by atoms with E-state index in [4.69, 9.17) is 21.1 Å². The number of methoxy groups -OCH3 is 2. The van der Waals surface area contributed by atoms with Crippen LogP contribution < -0.4 is 4.90 Å². The zero-order valence-electron chi connectivity index (χ0n) is 19.1. The molecule has 2 aromatic carbocycles. The average Bonchev–Trinajstić information content (AvgIpc) is 3.53. The Bertz CT molecular complexity index is 1550. The van der Waals surface area contributed by atoms with E-state index in [-0.39, 0.29) is 11.4 Å². The summed E-state index contributed by atoms with van der Waals surface area (Å²) >= 11 is 6.39. The highest BCUT2D eigenvalue weighted by Gasteiger charge is 2.56. The van der Waals surface area contributed by atoms with Crippen molar-refractivity contribution in [3.05, 3.63) is 75.2 Å². The topological polar surface area (TPSA) is 87.4 Å². The molecule has 0 radical (unpaired) electrons. The lowest BCUT2D eigenvalue weighted by Gasteiger charge is -2.27. The highest BCUT2D eigenvalue weighted by Crippen LogP contribution is 2.61. The SMILES string of the molecule is COC(=O)c1[nH]c(C(=O)OC)c2c1-c1c([nH]c3ccc(Cl)cc13)C21CN(C)c2ccc(C)cc21. The number of ether oxygens (including phenoxy) is 2. The number of anilines is 1. The molecule has 0 saturated heterocycles. The van der Waals surface area contributed by atoms with Crippen molar-refractivity contribution < 1.29 is 19.1 Å². The van der Waals surface area contributed by atoms with Gasteiger partial charge in [0.1, 0.15) is 11.4 Å². The van der Waals surface area contributed by atoms with Crippen LogP contribution in [0, 0.1) is 6.92 Å². The van der Waals surface area contributed by atoms with Crippen molar-refractivity contribution in [3.8, 4) is 11.1 Å². The zero-order valence-corrected chi connectivity index (χ0v) is 19.9. The molecule has 1 aliphatic heterocycles. The second-order valence-electron chi connectivity index (χ2n) is 8.96. The lowest BCUT2D eigenvalue weighted by atomic mass is 9.75. The van der Waals surface area contributed by atoms with Crippen molar-refractivity contribution in [2.75, 3.05) is 32.7 Å². The van der Waals surface area contributed by atoms with E-state index in [0.717, 1.165) is 44.5 Å². The summed E-state index contributed by atoms with van der Waals surface area (Å²) in [7, 11) is 4.70. The van der Waals surface area contributed by atoms with Gasteiger partial charge in [0.25, 0.3) is 0 Å². The molecule has 2 aliphatic rings. The lowest BCUT2D eigenvalue weighted by Crippen LogP contribution is -2.34. The van der Waals surface area contributed by atoms with Gasteiger partial charge in [0.05, 0.1) is 19.6 Å². The highest BCUT2D eigenvalue weighted by atomic mass is 35.5. The van der Waals surface area contributed by atoms with Gasteiger partial charge in [-0.2, -0.15) is 0 Å². The summed E-state index contributed by atoms with van der Waals surface area (Å²) < 4.78 is 10.3. The van der Waals surface area contributed by atoms with E-state index >= 15 is 0 Å². The molecule has 0 bridgehead atoms. The Labute approximate surface area is 200 Å². The van der Waals surface area contributed by atoms with E-state index in [1.165, 1.54) is 14.2 Å². The van der Waals surface area contributed by atoms with E-state index in [2.05, 4.69) is 33.1 Å². The standard InChI is InChI=1S/C26H22ClN3O4/c1-12-5-8-17-15(9-12)26(11-30(17)2)20-19(21(24(31)33-3)29-22(20)25(32)34-4)18-14-10-13(27)6-7-16(14)28-23(18)26/h5-10,28-29H,11H2,1-4H3. The maximum Gasteiger partial charge on any atom is 0.355 e. The van der Waals surface area contributed by atoms with Crippen LogP contribution in [0.5, 0.6) is 0 Å². The van der Waals surface area contributed by atoms with Gasteiger partial charge < -0.3 is 24.3 Å². The van der Waals surface area contributed by atoms with Crippen molar-refractivity contribution in [3.63, 3.8) is 0 Å². The van der Waals surface area contributed by atoms with E-state index in [0.29, 0.717) is 17.1 Å². The molecule has 1 unspecified atom stereocenters. The number of carbonyl (C=O) groups is 2. The number of nitrogens with one attached hydrogen (secondary N) is 2. The fourth-order valence-electron chi connectivity index (χ4n) is 5.83. The van der Waals surface area contributed by atoms with Crippen molar-refractivity contribution in [1.82, 2.24) is 9.97 Å². The molecule has 0 amide bonds. The minimum atomic E-state index is -0.724. The van der Waals surface area contributed by atoms with Gasteiger partial charge in [0.15, 0.2) is 0 Å². The molecule has 2 aromatic heterocycles. The molecule has 3 heterocycles. The molecule has 2 N–H and O–H groups in total. The van der Waals surface area contributed by atoms with Crippen molar-refractivity contribution in [2.24, 2.45) is 0 Å². The number of H-pyrrole nitrogens is 2. The highest BCUT2D eigenvalue weighted by molar-refractivity contribution is 6.31. The first kappa shape index (κ1) is 20.9. The monoisotopic (exact) mass is 475 g/mol. The summed E-state index contributed by atoms with van der Waals surface area (Å²) in [5.74, 6) is -1.09. The molecular formula is C26H22ClN3O4. The minimum absolute atomic E-state index is 0.223. The summed E-state index contributed by atoms with van der Waals surface area (Å²) in [6.45, 7) is 2.63. The normalized spacial score (nSPS) is 17.7. The van der Waals surface area contributed by atoms with Gasteiger partial charge in [-0.3, -0.25) is 0 Å². The van der Waals surface area contributed by atoms with Crippen LogP contribution in [0.2, 0.25) is 5.02 Å². The molecular weight excluding hydrogens is 454 g/mol. The first-order valence-corrected chi connectivity index (χ1v) is 11.3. The lowest BCUT2D eigenvalue weighted by molar-refractivity contribution is 0.0589. The Morgan fingerprint density at radius 1 is 1.00 bits per heavy atom. The van der Waals surface area contributed by atoms with Gasteiger partial charge >= 0.3 is 11.9 Å². The molecule has 0 fully saturated rings. The number of halogens is 1. The Morgan fingerprint density at radius 2 is 1.74 bits per heavy atom. The van der Waals surface area contributed by atoms with E-state index in [1.54, 1.807) is 0 Å². The van der Waals surface area contributed by atoms with Gasteiger partial charge in [-0.25, -0.2) is 9.59 Å². The van der Waals surface area contributed by atoms with Gasteiger partial charge in [-0.15, -0.1) is 0 Å². The van der Waals surface area contributed by atoms with E-state index in [9.17, 15) is 9.59 Å². The van der Waals surface area contributed by atoms with Gasteiger partial charge in [-0.1, -0.05) is 29.3 Å². The fourth-order valence-corrected chi connectivity index (χ4v) is 6.01. The number of fused-ring (bicyclic) bond motifs is 9. The number of aryl methyl sites for hydroxylation is 1. The molecule has 8 heteroatoms. The molecule has 4 aromatic rings.